The standard InChI is InChI=1S/C20H17ClN2O3/c1-2-25-20-18(4-3-13-22-20)19(24)23-15-7-11-17(12-8-15)26-16-9-5-14(21)6-10-16/h3-13H,2H2,1H3,(H,23,24). The van der Waals surface area contributed by atoms with Crippen molar-refractivity contribution in [3.05, 3.63) is 77.4 Å². The Bertz CT molecular complexity index is 880. The minimum Gasteiger partial charge on any atom is -0.477 e. The molecule has 5 nitrogen and oxygen atoms in total. The van der Waals surface area contributed by atoms with Gasteiger partial charge in [-0.05, 0) is 67.6 Å². The van der Waals surface area contributed by atoms with Gasteiger partial charge in [-0.3, -0.25) is 4.79 Å². The van der Waals surface area contributed by atoms with Crippen LogP contribution in [0.4, 0.5) is 5.69 Å². The Hall–Kier alpha value is -3.05. The van der Waals surface area contributed by atoms with Gasteiger partial charge in [-0.1, -0.05) is 11.6 Å². The summed E-state index contributed by atoms with van der Waals surface area (Å²) in [4.78, 5) is 16.5. The van der Waals surface area contributed by atoms with E-state index in [4.69, 9.17) is 21.1 Å². The predicted octanol–water partition coefficient (Wildman–Crippen LogP) is 5.18. The number of nitrogens with one attached hydrogen (secondary N) is 1. The molecule has 26 heavy (non-hydrogen) atoms. The van der Waals surface area contributed by atoms with E-state index >= 15 is 0 Å². The number of aromatic nitrogens is 1. The molecule has 132 valence electrons. The molecule has 1 amide bonds. The molecule has 1 N–H and O–H groups in total. The van der Waals surface area contributed by atoms with Gasteiger partial charge in [0.15, 0.2) is 0 Å². The van der Waals surface area contributed by atoms with Crippen LogP contribution in [-0.4, -0.2) is 17.5 Å². The highest BCUT2D eigenvalue weighted by atomic mass is 35.5. The first-order valence-corrected chi connectivity index (χ1v) is 8.46. The van der Waals surface area contributed by atoms with Gasteiger partial charge in [0, 0.05) is 16.9 Å². The van der Waals surface area contributed by atoms with E-state index in [1.807, 2.05) is 6.92 Å². The zero-order valence-electron chi connectivity index (χ0n) is 14.1. The number of amides is 1. The lowest BCUT2D eigenvalue weighted by molar-refractivity contribution is 0.102. The molecule has 0 fully saturated rings. The molecule has 1 aromatic heterocycles. The number of hydrogen-bond donors (Lipinski definition) is 1. The maximum absolute atomic E-state index is 12.4. The van der Waals surface area contributed by atoms with Crippen molar-refractivity contribution in [2.45, 2.75) is 6.92 Å². The molecule has 0 aliphatic heterocycles. The topological polar surface area (TPSA) is 60.5 Å². The SMILES string of the molecule is CCOc1ncccc1C(=O)Nc1ccc(Oc2ccc(Cl)cc2)cc1. The van der Waals surface area contributed by atoms with Crippen LogP contribution in [0, 0.1) is 0 Å². The molecule has 0 atom stereocenters. The predicted molar refractivity (Wildman–Crippen MR) is 101 cm³/mol. The lowest BCUT2D eigenvalue weighted by atomic mass is 10.2. The van der Waals surface area contributed by atoms with Crippen LogP contribution in [0.1, 0.15) is 17.3 Å². The van der Waals surface area contributed by atoms with Crippen molar-refractivity contribution in [1.82, 2.24) is 4.98 Å². The zero-order chi connectivity index (χ0) is 18.4. The van der Waals surface area contributed by atoms with Gasteiger partial charge in [0.05, 0.1) is 6.61 Å². The number of hydrogen-bond acceptors (Lipinski definition) is 4. The van der Waals surface area contributed by atoms with Crippen LogP contribution in [0.25, 0.3) is 0 Å². The van der Waals surface area contributed by atoms with Crippen LogP contribution in [0.2, 0.25) is 5.02 Å². The maximum Gasteiger partial charge on any atom is 0.261 e. The Labute approximate surface area is 156 Å². The van der Waals surface area contributed by atoms with Crippen LogP contribution < -0.4 is 14.8 Å². The summed E-state index contributed by atoms with van der Waals surface area (Å²) in [6.07, 6.45) is 1.59. The van der Waals surface area contributed by atoms with Gasteiger partial charge >= 0.3 is 0 Å². The fourth-order valence-corrected chi connectivity index (χ4v) is 2.38. The van der Waals surface area contributed by atoms with Gasteiger partial charge in [0.2, 0.25) is 5.88 Å². The Kier molecular flexibility index (Phi) is 5.71. The average Bonchev–Trinajstić information content (AvgIpc) is 2.66. The van der Waals surface area contributed by atoms with E-state index in [1.54, 1.807) is 66.9 Å². The van der Waals surface area contributed by atoms with Crippen molar-refractivity contribution in [3.8, 4) is 17.4 Å². The monoisotopic (exact) mass is 368 g/mol. The first-order valence-electron chi connectivity index (χ1n) is 8.08. The van der Waals surface area contributed by atoms with Crippen molar-refractivity contribution in [2.75, 3.05) is 11.9 Å². The minimum atomic E-state index is -0.284. The van der Waals surface area contributed by atoms with E-state index < -0.39 is 0 Å². The lowest BCUT2D eigenvalue weighted by Gasteiger charge is -2.10. The third kappa shape index (κ3) is 4.52. The molecule has 0 unspecified atom stereocenters. The molecular formula is C20H17ClN2O3. The van der Waals surface area contributed by atoms with Gasteiger partial charge in [-0.2, -0.15) is 0 Å². The number of benzene rings is 2. The number of pyridine rings is 1. The van der Waals surface area contributed by atoms with Crippen molar-refractivity contribution in [2.24, 2.45) is 0 Å². The number of ether oxygens (including phenoxy) is 2. The summed E-state index contributed by atoms with van der Waals surface area (Å²) in [5.74, 6) is 1.37. The van der Waals surface area contributed by atoms with Crippen LogP contribution in [0.15, 0.2) is 66.9 Å². The molecule has 0 spiro atoms. The van der Waals surface area contributed by atoms with E-state index in [2.05, 4.69) is 10.3 Å². The number of carbonyl (C=O) groups excluding carboxylic acids is 1. The molecule has 2 aromatic carbocycles. The second-order valence-electron chi connectivity index (χ2n) is 5.32. The summed E-state index contributed by atoms with van der Waals surface area (Å²) in [5, 5.41) is 3.47. The average molecular weight is 369 g/mol. The van der Waals surface area contributed by atoms with E-state index in [1.165, 1.54) is 0 Å². The largest absolute Gasteiger partial charge is 0.477 e. The molecule has 3 aromatic rings. The third-order valence-corrected chi connectivity index (χ3v) is 3.71. The highest BCUT2D eigenvalue weighted by Crippen LogP contribution is 2.25. The molecular weight excluding hydrogens is 352 g/mol. The minimum absolute atomic E-state index is 0.284. The van der Waals surface area contributed by atoms with E-state index in [0.29, 0.717) is 40.3 Å². The van der Waals surface area contributed by atoms with Gasteiger partial charge in [0.1, 0.15) is 17.1 Å². The highest BCUT2D eigenvalue weighted by Gasteiger charge is 2.13. The Morgan fingerprint density at radius 3 is 2.35 bits per heavy atom. The van der Waals surface area contributed by atoms with Crippen LogP contribution in [0.3, 0.4) is 0 Å². The Morgan fingerprint density at radius 2 is 1.69 bits per heavy atom. The molecule has 0 aliphatic rings. The molecule has 0 bridgehead atoms. The fourth-order valence-electron chi connectivity index (χ4n) is 2.26. The molecule has 3 rings (SSSR count). The fraction of sp³-hybridized carbons (Fsp3) is 0.100. The second-order valence-corrected chi connectivity index (χ2v) is 5.76. The molecule has 0 aliphatic carbocycles. The van der Waals surface area contributed by atoms with Gasteiger partial charge in [-0.25, -0.2) is 4.98 Å². The van der Waals surface area contributed by atoms with Crippen LogP contribution in [-0.2, 0) is 0 Å². The van der Waals surface area contributed by atoms with Crippen molar-refractivity contribution >= 4 is 23.2 Å². The third-order valence-electron chi connectivity index (χ3n) is 3.46. The van der Waals surface area contributed by atoms with Crippen LogP contribution in [0.5, 0.6) is 17.4 Å². The van der Waals surface area contributed by atoms with Crippen molar-refractivity contribution < 1.29 is 14.3 Å². The quantitative estimate of drug-likeness (QED) is 0.651. The number of nitrogens with zero attached hydrogens (tertiary/aromatic N) is 1. The molecule has 0 saturated heterocycles. The van der Waals surface area contributed by atoms with Crippen LogP contribution >= 0.6 is 11.6 Å². The summed E-state index contributed by atoms with van der Waals surface area (Å²) < 4.78 is 11.1. The van der Waals surface area contributed by atoms with Gasteiger partial charge in [-0.15, -0.1) is 0 Å². The first-order chi connectivity index (χ1) is 12.7. The maximum atomic E-state index is 12.4. The number of rotatable bonds is 6. The summed E-state index contributed by atoms with van der Waals surface area (Å²) in [5.41, 5.74) is 1.03. The van der Waals surface area contributed by atoms with Crippen molar-refractivity contribution in [3.63, 3.8) is 0 Å². The number of carbonyl (C=O) groups is 1. The molecule has 6 heteroatoms. The first kappa shape index (κ1) is 17.8. The van der Waals surface area contributed by atoms with Gasteiger partial charge in [0.25, 0.3) is 5.91 Å². The highest BCUT2D eigenvalue weighted by molar-refractivity contribution is 6.30. The number of halogens is 1. The van der Waals surface area contributed by atoms with Gasteiger partial charge < -0.3 is 14.8 Å². The van der Waals surface area contributed by atoms with E-state index in [0.717, 1.165) is 0 Å². The summed E-state index contributed by atoms with van der Waals surface area (Å²) in [6.45, 7) is 2.28. The van der Waals surface area contributed by atoms with E-state index in [-0.39, 0.29) is 5.91 Å². The van der Waals surface area contributed by atoms with Crippen molar-refractivity contribution in [1.29, 1.82) is 0 Å². The molecule has 0 saturated carbocycles. The summed E-state index contributed by atoms with van der Waals surface area (Å²) in [6, 6.07) is 17.5. The summed E-state index contributed by atoms with van der Waals surface area (Å²) >= 11 is 5.86. The Morgan fingerprint density at radius 1 is 1.04 bits per heavy atom. The lowest BCUT2D eigenvalue weighted by Crippen LogP contribution is -2.14. The molecule has 1 heterocycles. The smallest absolute Gasteiger partial charge is 0.261 e. The van der Waals surface area contributed by atoms with E-state index in [9.17, 15) is 4.79 Å². The molecule has 0 radical (unpaired) electrons. The second kappa shape index (κ2) is 8.36. The normalized spacial score (nSPS) is 10.2. The number of anilines is 1. The zero-order valence-corrected chi connectivity index (χ0v) is 14.9. The summed E-state index contributed by atoms with van der Waals surface area (Å²) in [7, 11) is 0. The Balaban J connectivity index is 1.67.